The summed E-state index contributed by atoms with van der Waals surface area (Å²) < 4.78 is 5.47. The van der Waals surface area contributed by atoms with Crippen molar-refractivity contribution >= 4 is 5.71 Å². The van der Waals surface area contributed by atoms with Gasteiger partial charge >= 0.3 is 0 Å². The Labute approximate surface area is 88.1 Å². The van der Waals surface area contributed by atoms with E-state index in [2.05, 4.69) is 32.7 Å². The Hall–Kier alpha value is -0.630. The van der Waals surface area contributed by atoms with Crippen molar-refractivity contribution in [3.63, 3.8) is 0 Å². The predicted octanol–water partition coefficient (Wildman–Crippen LogP) is 3.58. The fourth-order valence-corrected chi connectivity index (χ4v) is 1.02. The lowest BCUT2D eigenvalue weighted by atomic mass is 10.2. The molecule has 0 unspecified atom stereocenters. The second-order valence-corrected chi connectivity index (χ2v) is 3.70. The van der Waals surface area contributed by atoms with E-state index >= 15 is 0 Å². The molecule has 0 bridgehead atoms. The fourth-order valence-electron chi connectivity index (χ4n) is 1.02. The highest BCUT2D eigenvalue weighted by Crippen LogP contribution is 1.97. The summed E-state index contributed by atoms with van der Waals surface area (Å²) in [4.78, 5) is 4.41. The van der Waals surface area contributed by atoms with Crippen molar-refractivity contribution in [3.05, 3.63) is 11.8 Å². The van der Waals surface area contributed by atoms with Gasteiger partial charge in [0, 0.05) is 18.5 Å². The minimum absolute atomic E-state index is 0.686. The lowest BCUT2D eigenvalue weighted by Crippen LogP contribution is -2.08. The Morgan fingerprint density at radius 3 is 2.43 bits per heavy atom. The summed E-state index contributed by atoms with van der Waals surface area (Å²) in [5.41, 5.74) is 2.39. The molecule has 0 aromatic heterocycles. The maximum absolute atomic E-state index is 5.47. The summed E-state index contributed by atoms with van der Waals surface area (Å²) in [6.07, 6.45) is 5.15. The zero-order valence-electron chi connectivity index (χ0n) is 9.97. The molecule has 0 aliphatic rings. The molecule has 82 valence electrons. The molecule has 0 rings (SSSR count). The Morgan fingerprint density at radius 2 is 1.93 bits per heavy atom. The molecule has 0 aromatic carbocycles. The van der Waals surface area contributed by atoms with Crippen LogP contribution in [0.1, 0.15) is 47.0 Å². The van der Waals surface area contributed by atoms with E-state index in [-0.39, 0.29) is 0 Å². The van der Waals surface area contributed by atoms with Crippen LogP contribution in [-0.2, 0) is 4.74 Å². The minimum atomic E-state index is 0.686. The fraction of sp³-hybridized carbons (Fsp3) is 0.750. The second-order valence-electron chi connectivity index (χ2n) is 3.70. The molecule has 0 N–H and O–H groups in total. The van der Waals surface area contributed by atoms with E-state index in [9.17, 15) is 0 Å². The standard InChI is InChI=1S/C12H23NO/c1-5-7-12(10-14-8-6-2)13-9-11(3)4/h9H,5-8,10H2,1-4H3. The van der Waals surface area contributed by atoms with Gasteiger partial charge in [-0.3, -0.25) is 4.99 Å². The lowest BCUT2D eigenvalue weighted by molar-refractivity contribution is 0.171. The SMILES string of the molecule is CCCOCC(CCC)=NC=C(C)C. The largest absolute Gasteiger partial charge is 0.376 e. The van der Waals surface area contributed by atoms with Crippen LogP contribution in [0, 0.1) is 0 Å². The van der Waals surface area contributed by atoms with E-state index in [0.717, 1.165) is 31.6 Å². The number of nitrogens with zero attached hydrogens (tertiary/aromatic N) is 1. The molecule has 0 radical (unpaired) electrons. The minimum Gasteiger partial charge on any atom is -0.376 e. The van der Waals surface area contributed by atoms with Crippen LogP contribution < -0.4 is 0 Å². The van der Waals surface area contributed by atoms with Crippen molar-refractivity contribution in [2.45, 2.75) is 47.0 Å². The van der Waals surface area contributed by atoms with Crippen molar-refractivity contribution in [3.8, 4) is 0 Å². The molecule has 0 amide bonds. The van der Waals surface area contributed by atoms with Crippen molar-refractivity contribution in [1.29, 1.82) is 0 Å². The van der Waals surface area contributed by atoms with Gasteiger partial charge in [-0.2, -0.15) is 0 Å². The van der Waals surface area contributed by atoms with Crippen LogP contribution in [0.25, 0.3) is 0 Å². The molecule has 0 aliphatic carbocycles. The van der Waals surface area contributed by atoms with Crippen molar-refractivity contribution in [2.75, 3.05) is 13.2 Å². The lowest BCUT2D eigenvalue weighted by Gasteiger charge is -2.04. The maximum atomic E-state index is 5.47. The van der Waals surface area contributed by atoms with Crippen LogP contribution in [0.2, 0.25) is 0 Å². The first-order chi connectivity index (χ1) is 6.70. The molecule has 0 heterocycles. The van der Waals surface area contributed by atoms with E-state index < -0.39 is 0 Å². The number of ether oxygens (including phenoxy) is 1. The molecule has 2 heteroatoms. The van der Waals surface area contributed by atoms with Crippen LogP contribution in [-0.4, -0.2) is 18.9 Å². The van der Waals surface area contributed by atoms with Crippen LogP contribution in [0.3, 0.4) is 0 Å². The van der Waals surface area contributed by atoms with E-state index in [1.165, 1.54) is 5.57 Å². The van der Waals surface area contributed by atoms with Crippen molar-refractivity contribution in [1.82, 2.24) is 0 Å². The predicted molar refractivity (Wildman–Crippen MR) is 62.9 cm³/mol. The zero-order chi connectivity index (χ0) is 10.8. The van der Waals surface area contributed by atoms with Gasteiger partial charge in [-0.05, 0) is 26.7 Å². The van der Waals surface area contributed by atoms with Gasteiger partial charge in [-0.25, -0.2) is 0 Å². The number of rotatable bonds is 7. The first-order valence-electron chi connectivity index (χ1n) is 5.47. The molecular weight excluding hydrogens is 174 g/mol. The average Bonchev–Trinajstić information content (AvgIpc) is 2.14. The van der Waals surface area contributed by atoms with Crippen LogP contribution in [0.5, 0.6) is 0 Å². The highest BCUT2D eigenvalue weighted by Gasteiger charge is 1.96. The third-order valence-electron chi connectivity index (χ3n) is 1.66. The first kappa shape index (κ1) is 13.4. The summed E-state index contributed by atoms with van der Waals surface area (Å²) in [6.45, 7) is 9.91. The maximum Gasteiger partial charge on any atom is 0.0848 e. The molecule has 0 saturated heterocycles. The molecular formula is C12H23NO. The summed E-state index contributed by atoms with van der Waals surface area (Å²) in [6, 6.07) is 0. The third kappa shape index (κ3) is 7.99. The summed E-state index contributed by atoms with van der Waals surface area (Å²) in [5, 5.41) is 0. The van der Waals surface area contributed by atoms with Gasteiger partial charge in [0.25, 0.3) is 0 Å². The van der Waals surface area contributed by atoms with Gasteiger partial charge in [0.2, 0.25) is 0 Å². The Bertz CT molecular complexity index is 190. The molecule has 2 nitrogen and oxygen atoms in total. The summed E-state index contributed by atoms with van der Waals surface area (Å²) in [5.74, 6) is 0. The van der Waals surface area contributed by atoms with Gasteiger partial charge < -0.3 is 4.74 Å². The third-order valence-corrected chi connectivity index (χ3v) is 1.66. The Balaban J connectivity index is 4.00. The molecule has 0 aliphatic heterocycles. The molecule has 14 heavy (non-hydrogen) atoms. The van der Waals surface area contributed by atoms with Crippen LogP contribution in [0.4, 0.5) is 0 Å². The first-order valence-corrected chi connectivity index (χ1v) is 5.47. The summed E-state index contributed by atoms with van der Waals surface area (Å²) >= 11 is 0. The molecule has 0 atom stereocenters. The number of aliphatic imine (C=N–C) groups is 1. The topological polar surface area (TPSA) is 21.6 Å². The van der Waals surface area contributed by atoms with Crippen LogP contribution >= 0.6 is 0 Å². The van der Waals surface area contributed by atoms with Crippen molar-refractivity contribution < 1.29 is 4.74 Å². The molecule has 0 fully saturated rings. The highest BCUT2D eigenvalue weighted by molar-refractivity contribution is 5.86. The van der Waals surface area contributed by atoms with Gasteiger partial charge in [0.15, 0.2) is 0 Å². The normalized spacial score (nSPS) is 11.6. The molecule has 0 aromatic rings. The Morgan fingerprint density at radius 1 is 1.21 bits per heavy atom. The number of hydrogen-bond acceptors (Lipinski definition) is 2. The smallest absolute Gasteiger partial charge is 0.0848 e. The van der Waals surface area contributed by atoms with E-state index in [1.54, 1.807) is 0 Å². The van der Waals surface area contributed by atoms with E-state index in [0.29, 0.717) is 6.61 Å². The van der Waals surface area contributed by atoms with Gasteiger partial charge in [0.05, 0.1) is 6.61 Å². The van der Waals surface area contributed by atoms with E-state index in [4.69, 9.17) is 4.74 Å². The van der Waals surface area contributed by atoms with E-state index in [1.807, 2.05) is 6.20 Å². The van der Waals surface area contributed by atoms with Gasteiger partial charge in [0.1, 0.15) is 0 Å². The quantitative estimate of drug-likeness (QED) is 0.451. The highest BCUT2D eigenvalue weighted by atomic mass is 16.5. The van der Waals surface area contributed by atoms with Gasteiger partial charge in [-0.15, -0.1) is 0 Å². The van der Waals surface area contributed by atoms with Gasteiger partial charge in [-0.1, -0.05) is 25.8 Å². The van der Waals surface area contributed by atoms with Crippen molar-refractivity contribution in [2.24, 2.45) is 4.99 Å². The number of allylic oxidation sites excluding steroid dienone is 1. The molecule has 0 spiro atoms. The molecule has 0 saturated carbocycles. The number of hydrogen-bond donors (Lipinski definition) is 0. The monoisotopic (exact) mass is 197 g/mol. The average molecular weight is 197 g/mol. The zero-order valence-corrected chi connectivity index (χ0v) is 9.97. The summed E-state index contributed by atoms with van der Waals surface area (Å²) in [7, 11) is 0. The van der Waals surface area contributed by atoms with Crippen LogP contribution in [0.15, 0.2) is 16.8 Å². The Kier molecular flexibility index (Phi) is 8.54. The second kappa shape index (κ2) is 8.95.